The molecule has 2 heterocycles. The monoisotopic (exact) mass is 619 g/mol. The summed E-state index contributed by atoms with van der Waals surface area (Å²) >= 11 is 3.72. The lowest BCUT2D eigenvalue weighted by molar-refractivity contribution is 1.47. The van der Waals surface area contributed by atoms with Crippen LogP contribution in [0.4, 0.5) is 0 Å². The minimum absolute atomic E-state index is 0.675. The highest BCUT2D eigenvalue weighted by Gasteiger charge is 2.19. The molecule has 0 saturated carbocycles. The van der Waals surface area contributed by atoms with Gasteiger partial charge in [0.1, 0.15) is 0 Å². The van der Waals surface area contributed by atoms with Crippen molar-refractivity contribution in [2.45, 2.75) is 0 Å². The molecule has 0 unspecified atom stereocenters. The van der Waals surface area contributed by atoms with Crippen molar-refractivity contribution in [3.63, 3.8) is 0 Å². The first-order chi connectivity index (χ1) is 22.8. The third-order valence-corrected chi connectivity index (χ3v) is 11.4. The number of benzene rings is 7. The van der Waals surface area contributed by atoms with Gasteiger partial charge in [-0.3, -0.25) is 0 Å². The number of nitriles is 1. The van der Waals surface area contributed by atoms with Gasteiger partial charge in [-0.2, -0.15) is 5.26 Å². The van der Waals surface area contributed by atoms with Crippen LogP contribution in [0.25, 0.3) is 84.9 Å². The minimum atomic E-state index is 0.675. The van der Waals surface area contributed by atoms with Crippen molar-refractivity contribution in [2.24, 2.45) is 0 Å². The fourth-order valence-corrected chi connectivity index (χ4v) is 9.34. The summed E-state index contributed by atoms with van der Waals surface area (Å²) in [7, 11) is 0. The van der Waals surface area contributed by atoms with Gasteiger partial charge in [0.2, 0.25) is 0 Å². The predicted molar refractivity (Wildman–Crippen MR) is 199 cm³/mol. The number of hydrogen-bond donors (Lipinski definition) is 0. The maximum Gasteiger partial charge on any atom is 0.0998 e. The summed E-state index contributed by atoms with van der Waals surface area (Å²) in [5.74, 6) is 0. The summed E-state index contributed by atoms with van der Waals surface area (Å²) in [6.45, 7) is 0. The van der Waals surface area contributed by atoms with E-state index in [1.807, 2.05) is 40.9 Å². The standard InChI is InChI=1S/C43H25NS2/c44-26-28-11-1-2-12-29(28)31-13-3-4-14-32(31)39-25-27(30-17-9-19-37-34-15-5-7-21-40(34)45-42(30)37)23-24-33(39)36-18-10-20-38-35-16-6-8-22-41(35)46-43(36)38/h1-25H. The highest BCUT2D eigenvalue weighted by Crippen LogP contribution is 2.47. The minimum Gasteiger partial charge on any atom is -0.192 e. The molecule has 1 nitrogen and oxygen atoms in total. The summed E-state index contributed by atoms with van der Waals surface area (Å²) in [5, 5.41) is 15.2. The van der Waals surface area contributed by atoms with Crippen LogP contribution < -0.4 is 0 Å². The molecule has 0 bridgehead atoms. The van der Waals surface area contributed by atoms with Crippen LogP contribution in [0, 0.1) is 11.3 Å². The number of hydrogen-bond acceptors (Lipinski definition) is 3. The first-order valence-electron chi connectivity index (χ1n) is 15.3. The maximum atomic E-state index is 10.1. The van der Waals surface area contributed by atoms with Crippen molar-refractivity contribution in [1.29, 1.82) is 5.26 Å². The highest BCUT2D eigenvalue weighted by molar-refractivity contribution is 7.26. The van der Waals surface area contributed by atoms with Crippen LogP contribution in [0.5, 0.6) is 0 Å². The van der Waals surface area contributed by atoms with Gasteiger partial charge in [0.15, 0.2) is 0 Å². The topological polar surface area (TPSA) is 23.8 Å². The van der Waals surface area contributed by atoms with E-state index in [9.17, 15) is 5.26 Å². The summed E-state index contributed by atoms with van der Waals surface area (Å²) in [4.78, 5) is 0. The number of rotatable bonds is 4. The normalized spacial score (nSPS) is 11.5. The van der Waals surface area contributed by atoms with Crippen LogP contribution in [0.2, 0.25) is 0 Å². The van der Waals surface area contributed by atoms with Gasteiger partial charge in [0, 0.05) is 51.5 Å². The largest absolute Gasteiger partial charge is 0.192 e. The molecule has 0 fully saturated rings. The average molecular weight is 620 g/mol. The van der Waals surface area contributed by atoms with Crippen molar-refractivity contribution >= 4 is 63.0 Å². The molecule has 0 atom stereocenters. The van der Waals surface area contributed by atoms with Crippen LogP contribution in [-0.2, 0) is 0 Å². The Balaban J connectivity index is 1.35. The molecule has 9 aromatic rings. The van der Waals surface area contributed by atoms with Crippen LogP contribution in [0.3, 0.4) is 0 Å². The average Bonchev–Trinajstić information content (AvgIpc) is 3.70. The molecule has 214 valence electrons. The van der Waals surface area contributed by atoms with E-state index in [1.54, 1.807) is 0 Å². The molecular formula is C43H25NS2. The Morgan fingerprint density at radius 3 is 1.52 bits per heavy atom. The summed E-state index contributed by atoms with van der Waals surface area (Å²) < 4.78 is 5.19. The van der Waals surface area contributed by atoms with Crippen molar-refractivity contribution in [1.82, 2.24) is 0 Å². The molecule has 0 radical (unpaired) electrons. The zero-order chi connectivity index (χ0) is 30.6. The molecule has 0 N–H and O–H groups in total. The summed E-state index contributed by atoms with van der Waals surface area (Å²) in [6.07, 6.45) is 0. The molecule has 0 saturated heterocycles. The molecule has 0 spiro atoms. The van der Waals surface area contributed by atoms with E-state index in [4.69, 9.17) is 0 Å². The molecular weight excluding hydrogens is 595 g/mol. The van der Waals surface area contributed by atoms with Crippen molar-refractivity contribution < 1.29 is 0 Å². The lowest BCUT2D eigenvalue weighted by Crippen LogP contribution is -1.92. The second kappa shape index (κ2) is 10.8. The first kappa shape index (κ1) is 26.8. The van der Waals surface area contributed by atoms with Gasteiger partial charge in [-0.05, 0) is 57.6 Å². The Bertz CT molecular complexity index is 2670. The van der Waals surface area contributed by atoms with E-state index < -0.39 is 0 Å². The van der Waals surface area contributed by atoms with Crippen LogP contribution in [0.1, 0.15) is 5.56 Å². The van der Waals surface area contributed by atoms with Crippen molar-refractivity contribution in [2.75, 3.05) is 0 Å². The van der Waals surface area contributed by atoms with Gasteiger partial charge in [-0.25, -0.2) is 0 Å². The Morgan fingerprint density at radius 2 is 0.848 bits per heavy atom. The fourth-order valence-electron chi connectivity index (χ4n) is 6.87. The van der Waals surface area contributed by atoms with E-state index >= 15 is 0 Å². The first-order valence-corrected chi connectivity index (χ1v) is 17.0. The van der Waals surface area contributed by atoms with Gasteiger partial charge in [-0.15, -0.1) is 22.7 Å². The van der Waals surface area contributed by atoms with E-state index in [-0.39, 0.29) is 0 Å². The summed E-state index contributed by atoms with van der Waals surface area (Å²) in [6, 6.07) is 56.6. The van der Waals surface area contributed by atoms with Gasteiger partial charge in [-0.1, -0.05) is 127 Å². The van der Waals surface area contributed by atoms with E-state index in [0.29, 0.717) is 5.56 Å². The summed E-state index contributed by atoms with van der Waals surface area (Å²) in [5.41, 5.74) is 9.78. The van der Waals surface area contributed by atoms with E-state index in [2.05, 4.69) is 140 Å². The van der Waals surface area contributed by atoms with E-state index in [1.165, 1.54) is 62.6 Å². The van der Waals surface area contributed by atoms with Crippen molar-refractivity contribution in [3.8, 4) is 50.6 Å². The van der Waals surface area contributed by atoms with Crippen LogP contribution >= 0.6 is 22.7 Å². The molecule has 0 aliphatic carbocycles. The Hall–Kier alpha value is -5.53. The van der Waals surface area contributed by atoms with Gasteiger partial charge in [0.25, 0.3) is 0 Å². The zero-order valence-corrected chi connectivity index (χ0v) is 26.3. The molecule has 2 aromatic heterocycles. The second-order valence-electron chi connectivity index (χ2n) is 11.5. The lowest BCUT2D eigenvalue weighted by atomic mass is 9.86. The number of thiophene rings is 2. The smallest absolute Gasteiger partial charge is 0.0998 e. The number of fused-ring (bicyclic) bond motifs is 6. The Morgan fingerprint density at radius 1 is 0.370 bits per heavy atom. The Labute approximate surface area is 274 Å². The third-order valence-electron chi connectivity index (χ3n) is 8.98. The Kier molecular flexibility index (Phi) is 6.31. The molecule has 0 aliphatic heterocycles. The van der Waals surface area contributed by atoms with Gasteiger partial charge >= 0.3 is 0 Å². The molecule has 0 amide bonds. The van der Waals surface area contributed by atoms with Crippen LogP contribution in [-0.4, -0.2) is 0 Å². The SMILES string of the molecule is N#Cc1ccccc1-c1ccccc1-c1cc(-c2cccc3c2sc2ccccc23)ccc1-c1cccc2c1sc1ccccc12. The predicted octanol–water partition coefficient (Wildman–Crippen LogP) is 13.0. The number of nitrogens with zero attached hydrogens (tertiary/aromatic N) is 1. The molecule has 9 rings (SSSR count). The molecule has 3 heteroatoms. The highest BCUT2D eigenvalue weighted by atomic mass is 32.1. The van der Waals surface area contributed by atoms with Crippen LogP contribution in [0.15, 0.2) is 152 Å². The fraction of sp³-hybridized carbons (Fsp3) is 0. The second-order valence-corrected chi connectivity index (χ2v) is 13.6. The third kappa shape index (κ3) is 4.19. The molecule has 0 aliphatic rings. The zero-order valence-electron chi connectivity index (χ0n) is 24.7. The molecule has 46 heavy (non-hydrogen) atoms. The quantitative estimate of drug-likeness (QED) is 0.192. The van der Waals surface area contributed by atoms with Gasteiger partial charge in [0.05, 0.1) is 11.6 Å². The lowest BCUT2D eigenvalue weighted by Gasteiger charge is -2.18. The maximum absolute atomic E-state index is 10.1. The van der Waals surface area contributed by atoms with E-state index in [0.717, 1.165) is 22.3 Å². The van der Waals surface area contributed by atoms with Gasteiger partial charge < -0.3 is 0 Å². The molecule has 7 aromatic carbocycles. The van der Waals surface area contributed by atoms with Crippen molar-refractivity contribution in [3.05, 3.63) is 157 Å².